The molecule has 0 fully saturated rings. The third-order valence-electron chi connectivity index (χ3n) is 7.56. The van der Waals surface area contributed by atoms with Crippen LogP contribution >= 0.6 is 0 Å². The second-order valence-electron chi connectivity index (χ2n) is 9.87. The molecule has 6 nitrogen and oxygen atoms in total. The molecule has 6 heteroatoms. The predicted molar refractivity (Wildman–Crippen MR) is 160 cm³/mol. The summed E-state index contributed by atoms with van der Waals surface area (Å²) in [5, 5.41) is 1.91. The number of carbonyl (C=O) groups excluding carboxylic acids is 3. The fourth-order valence-corrected chi connectivity index (χ4v) is 5.49. The summed E-state index contributed by atoms with van der Waals surface area (Å²) in [6, 6.07) is 33.2. The summed E-state index contributed by atoms with van der Waals surface area (Å²) in [4.78, 5) is 38.4. The van der Waals surface area contributed by atoms with Gasteiger partial charge in [-0.25, -0.2) is 9.59 Å². The molecule has 1 unspecified atom stereocenters. The molecule has 1 aliphatic carbocycles. The minimum absolute atomic E-state index is 0.257. The number of ether oxygens (including phenoxy) is 3. The van der Waals surface area contributed by atoms with Gasteiger partial charge in [-0.1, -0.05) is 84.9 Å². The molecule has 5 aromatic rings. The van der Waals surface area contributed by atoms with Gasteiger partial charge in [-0.2, -0.15) is 0 Å². The summed E-state index contributed by atoms with van der Waals surface area (Å²) in [6.45, 7) is 0. The summed E-state index contributed by atoms with van der Waals surface area (Å²) in [5.41, 5.74) is 2.92. The van der Waals surface area contributed by atoms with E-state index >= 15 is 0 Å². The second-order valence-corrected chi connectivity index (χ2v) is 9.87. The first-order valence-electron chi connectivity index (χ1n) is 13.4. The Morgan fingerprint density at radius 2 is 1.26 bits per heavy atom. The van der Waals surface area contributed by atoms with Crippen LogP contribution in [-0.4, -0.2) is 31.9 Å². The van der Waals surface area contributed by atoms with Crippen molar-refractivity contribution in [3.8, 4) is 16.9 Å². The van der Waals surface area contributed by atoms with E-state index in [1.165, 1.54) is 20.3 Å². The number of carbonyl (C=O) groups is 3. The maximum absolute atomic E-state index is 14.1. The van der Waals surface area contributed by atoms with Crippen molar-refractivity contribution in [3.05, 3.63) is 143 Å². The van der Waals surface area contributed by atoms with E-state index in [4.69, 9.17) is 14.2 Å². The lowest BCUT2D eigenvalue weighted by molar-refractivity contribution is -0.127. The largest absolute Gasteiger partial charge is 0.469 e. The van der Waals surface area contributed by atoms with Crippen molar-refractivity contribution in [3.63, 3.8) is 0 Å². The Kier molecular flexibility index (Phi) is 6.88. The number of esters is 2. The van der Waals surface area contributed by atoms with Crippen molar-refractivity contribution in [2.45, 2.75) is 5.60 Å². The van der Waals surface area contributed by atoms with Crippen molar-refractivity contribution in [1.29, 1.82) is 0 Å². The van der Waals surface area contributed by atoms with Crippen molar-refractivity contribution in [2.24, 2.45) is 0 Å². The molecule has 0 saturated carbocycles. The van der Waals surface area contributed by atoms with Gasteiger partial charge in [-0.3, -0.25) is 4.79 Å². The molecule has 42 heavy (non-hydrogen) atoms. The molecule has 1 atom stereocenters. The maximum Gasteiger partial charge on any atom is 0.337 e. The van der Waals surface area contributed by atoms with E-state index in [9.17, 15) is 14.4 Å². The molecular formula is C36H26O6. The number of rotatable bonds is 6. The zero-order chi connectivity index (χ0) is 29.3. The smallest absolute Gasteiger partial charge is 0.337 e. The Hall–Kier alpha value is -5.49. The Balaban J connectivity index is 1.58. The molecule has 0 radical (unpaired) electrons. The van der Waals surface area contributed by atoms with Gasteiger partial charge in [-0.15, -0.1) is 0 Å². The summed E-state index contributed by atoms with van der Waals surface area (Å²) in [6.07, 6.45) is 3.32. The molecule has 0 aliphatic heterocycles. The van der Waals surface area contributed by atoms with Crippen molar-refractivity contribution >= 4 is 34.6 Å². The number of fused-ring (bicyclic) bond motifs is 2. The van der Waals surface area contributed by atoms with Crippen LogP contribution in [0.25, 0.3) is 28.0 Å². The molecule has 6 rings (SSSR count). The highest BCUT2D eigenvalue weighted by Crippen LogP contribution is 2.45. The van der Waals surface area contributed by atoms with E-state index in [0.717, 1.165) is 27.5 Å². The summed E-state index contributed by atoms with van der Waals surface area (Å²) >= 11 is 0. The van der Waals surface area contributed by atoms with Gasteiger partial charge in [0.2, 0.25) is 11.4 Å². The number of methoxy groups -OCH3 is 2. The van der Waals surface area contributed by atoms with Crippen molar-refractivity contribution in [1.82, 2.24) is 0 Å². The number of benzene rings is 5. The Morgan fingerprint density at radius 3 is 1.95 bits per heavy atom. The Labute approximate surface area is 242 Å². The lowest BCUT2D eigenvalue weighted by Crippen LogP contribution is -2.44. The standard InChI is InChI=1S/C36H26O6/c1-40-34(38)26-13-11-25(12-14-26)33-29-9-5-3-7-23(29)17-21-31(33)42-36(28-19-15-27(16-20-28)35(39)41-2)30-10-6-4-8-24(30)18-22-32(36)37/h3-22H,1-2H3. The average Bonchev–Trinajstić information content (AvgIpc) is 3.05. The number of ketones is 1. The highest BCUT2D eigenvalue weighted by molar-refractivity contribution is 6.07. The second kappa shape index (κ2) is 10.8. The number of hydrogen-bond acceptors (Lipinski definition) is 6. The first-order valence-corrected chi connectivity index (χ1v) is 13.4. The first-order chi connectivity index (χ1) is 20.5. The lowest BCUT2D eigenvalue weighted by atomic mass is 9.76. The van der Waals surface area contributed by atoms with Gasteiger partial charge in [0.1, 0.15) is 5.75 Å². The van der Waals surface area contributed by atoms with E-state index in [1.54, 1.807) is 42.5 Å². The van der Waals surface area contributed by atoms with Crippen LogP contribution in [0.4, 0.5) is 0 Å². The van der Waals surface area contributed by atoms with E-state index in [-0.39, 0.29) is 5.78 Å². The van der Waals surface area contributed by atoms with E-state index in [2.05, 4.69) is 0 Å². The van der Waals surface area contributed by atoms with Crippen LogP contribution in [0.2, 0.25) is 0 Å². The molecule has 0 amide bonds. The van der Waals surface area contributed by atoms with Gasteiger partial charge in [-0.05, 0) is 58.3 Å². The number of hydrogen-bond donors (Lipinski definition) is 0. The lowest BCUT2D eigenvalue weighted by Gasteiger charge is -2.37. The maximum atomic E-state index is 14.1. The minimum Gasteiger partial charge on any atom is -0.469 e. The van der Waals surface area contributed by atoms with Gasteiger partial charge in [0.05, 0.1) is 25.3 Å². The van der Waals surface area contributed by atoms with Gasteiger partial charge < -0.3 is 14.2 Å². The molecule has 0 bridgehead atoms. The van der Waals surface area contributed by atoms with Crippen LogP contribution in [0.3, 0.4) is 0 Å². The topological polar surface area (TPSA) is 78.9 Å². The quantitative estimate of drug-likeness (QED) is 0.210. The van der Waals surface area contributed by atoms with E-state index in [1.807, 2.05) is 72.8 Å². The van der Waals surface area contributed by atoms with Crippen LogP contribution in [0, 0.1) is 0 Å². The van der Waals surface area contributed by atoms with Gasteiger partial charge >= 0.3 is 11.9 Å². The summed E-state index contributed by atoms with van der Waals surface area (Å²) < 4.78 is 16.7. The van der Waals surface area contributed by atoms with E-state index in [0.29, 0.717) is 28.0 Å². The van der Waals surface area contributed by atoms with Gasteiger partial charge in [0, 0.05) is 16.7 Å². The normalized spacial score (nSPS) is 15.6. The van der Waals surface area contributed by atoms with E-state index < -0.39 is 17.5 Å². The van der Waals surface area contributed by atoms with Gasteiger partial charge in [0.25, 0.3) is 0 Å². The Bertz CT molecular complexity index is 1870. The Morgan fingerprint density at radius 1 is 0.643 bits per heavy atom. The van der Waals surface area contributed by atoms with Crippen LogP contribution in [-0.2, 0) is 19.9 Å². The predicted octanol–water partition coefficient (Wildman–Crippen LogP) is 7.00. The molecule has 0 heterocycles. The summed E-state index contributed by atoms with van der Waals surface area (Å²) in [7, 11) is 2.67. The fraction of sp³-hybridized carbons (Fsp3) is 0.0833. The third kappa shape index (κ3) is 4.43. The third-order valence-corrected chi connectivity index (χ3v) is 7.56. The molecule has 0 saturated heterocycles. The zero-order valence-corrected chi connectivity index (χ0v) is 23.0. The van der Waals surface area contributed by atoms with Crippen LogP contribution < -0.4 is 4.74 Å². The first kappa shape index (κ1) is 26.7. The van der Waals surface area contributed by atoms with Crippen molar-refractivity contribution < 1.29 is 28.6 Å². The molecule has 0 N–H and O–H groups in total. The highest BCUT2D eigenvalue weighted by atomic mass is 16.5. The summed E-state index contributed by atoms with van der Waals surface area (Å²) in [5.74, 6) is -0.678. The molecule has 206 valence electrons. The highest BCUT2D eigenvalue weighted by Gasteiger charge is 2.46. The van der Waals surface area contributed by atoms with Crippen LogP contribution in [0.5, 0.6) is 5.75 Å². The average molecular weight is 555 g/mol. The molecule has 1 aliphatic rings. The van der Waals surface area contributed by atoms with Crippen molar-refractivity contribution in [2.75, 3.05) is 14.2 Å². The fourth-order valence-electron chi connectivity index (χ4n) is 5.49. The zero-order valence-electron chi connectivity index (χ0n) is 23.0. The van der Waals surface area contributed by atoms with Crippen LogP contribution in [0.1, 0.15) is 37.4 Å². The molecular weight excluding hydrogens is 528 g/mol. The minimum atomic E-state index is -1.54. The van der Waals surface area contributed by atoms with Crippen LogP contribution in [0.15, 0.2) is 115 Å². The molecule has 5 aromatic carbocycles. The monoisotopic (exact) mass is 554 g/mol. The SMILES string of the molecule is COC(=O)c1ccc(-c2c(OC3(c4ccc(C(=O)OC)cc4)C(=O)C=Cc4ccccc43)ccc3ccccc23)cc1. The molecule has 0 aromatic heterocycles. The van der Waals surface area contributed by atoms with Gasteiger partial charge in [0.15, 0.2) is 0 Å². The molecule has 0 spiro atoms.